The fraction of sp³-hybridized carbons (Fsp3) is 0.429. The molecule has 0 saturated carbocycles. The highest BCUT2D eigenvalue weighted by Crippen LogP contribution is 2.06. The van der Waals surface area contributed by atoms with Gasteiger partial charge in [0.2, 0.25) is 0 Å². The Morgan fingerprint density at radius 1 is 1.73 bits per heavy atom. The van der Waals surface area contributed by atoms with Crippen molar-refractivity contribution in [1.29, 1.82) is 0 Å². The second-order valence-corrected chi connectivity index (χ2v) is 2.20. The van der Waals surface area contributed by atoms with Crippen LogP contribution in [0, 0.1) is 0 Å². The summed E-state index contributed by atoms with van der Waals surface area (Å²) in [7, 11) is 1.57. The molecular formula is C7H10N2O2. The number of hydrogen-bond acceptors (Lipinski definition) is 3. The molecule has 0 bridgehead atoms. The van der Waals surface area contributed by atoms with Crippen molar-refractivity contribution in [3.63, 3.8) is 0 Å². The zero-order valence-electron chi connectivity index (χ0n) is 6.50. The zero-order chi connectivity index (χ0) is 8.27. The Kier molecular flexibility index (Phi) is 2.38. The Morgan fingerprint density at radius 2 is 2.45 bits per heavy atom. The summed E-state index contributed by atoms with van der Waals surface area (Å²) in [6.45, 7) is 1.82. The molecule has 0 aliphatic heterocycles. The van der Waals surface area contributed by atoms with Gasteiger partial charge < -0.3 is 9.72 Å². The highest BCUT2D eigenvalue weighted by atomic mass is 16.5. The molecule has 4 nitrogen and oxygen atoms in total. The number of methoxy groups -OCH3 is 1. The Morgan fingerprint density at radius 3 is 3.00 bits per heavy atom. The molecule has 11 heavy (non-hydrogen) atoms. The number of ether oxygens (including phenoxy) is 1. The summed E-state index contributed by atoms with van der Waals surface area (Å²) in [5.74, 6) is 0.556. The van der Waals surface area contributed by atoms with Crippen LogP contribution < -0.4 is 5.56 Å². The first-order chi connectivity index (χ1) is 5.24. The molecule has 60 valence electrons. The third-order valence-corrected chi connectivity index (χ3v) is 1.43. The molecule has 0 radical (unpaired) electrons. The maximum absolute atomic E-state index is 10.8. The van der Waals surface area contributed by atoms with E-state index in [2.05, 4.69) is 9.97 Å². The van der Waals surface area contributed by atoms with Gasteiger partial charge in [-0.15, -0.1) is 0 Å². The van der Waals surface area contributed by atoms with Gasteiger partial charge >= 0.3 is 0 Å². The minimum absolute atomic E-state index is 0.154. The molecule has 4 heteroatoms. The molecule has 0 spiro atoms. The fourth-order valence-corrected chi connectivity index (χ4v) is 0.704. The van der Waals surface area contributed by atoms with Crippen LogP contribution in [-0.4, -0.2) is 17.1 Å². The van der Waals surface area contributed by atoms with Gasteiger partial charge in [-0.05, 0) is 6.92 Å². The van der Waals surface area contributed by atoms with Crippen molar-refractivity contribution in [3.05, 3.63) is 28.4 Å². The Labute approximate surface area is 64.2 Å². The van der Waals surface area contributed by atoms with E-state index in [1.807, 2.05) is 6.92 Å². The molecule has 0 amide bonds. The second kappa shape index (κ2) is 3.30. The van der Waals surface area contributed by atoms with Gasteiger partial charge in [-0.1, -0.05) is 0 Å². The van der Waals surface area contributed by atoms with Crippen LogP contribution in [0.1, 0.15) is 18.9 Å². The van der Waals surface area contributed by atoms with Gasteiger partial charge in [0.25, 0.3) is 5.56 Å². The number of aromatic nitrogens is 2. The normalized spacial score (nSPS) is 12.9. The van der Waals surface area contributed by atoms with E-state index in [0.29, 0.717) is 5.82 Å². The molecule has 0 saturated heterocycles. The van der Waals surface area contributed by atoms with Gasteiger partial charge in [0.1, 0.15) is 11.9 Å². The van der Waals surface area contributed by atoms with Gasteiger partial charge in [0.05, 0.1) is 0 Å². The van der Waals surface area contributed by atoms with E-state index >= 15 is 0 Å². The van der Waals surface area contributed by atoms with Crippen molar-refractivity contribution in [1.82, 2.24) is 9.97 Å². The lowest BCUT2D eigenvalue weighted by Gasteiger charge is -2.06. The van der Waals surface area contributed by atoms with Gasteiger partial charge in [0, 0.05) is 19.4 Å². The van der Waals surface area contributed by atoms with Crippen LogP contribution in [0.25, 0.3) is 0 Å². The van der Waals surface area contributed by atoms with Crippen molar-refractivity contribution in [2.75, 3.05) is 7.11 Å². The minimum atomic E-state index is -0.163. The molecule has 1 rings (SSSR count). The second-order valence-electron chi connectivity index (χ2n) is 2.20. The molecule has 1 heterocycles. The molecule has 0 fully saturated rings. The van der Waals surface area contributed by atoms with Crippen LogP contribution in [0.5, 0.6) is 0 Å². The molecular weight excluding hydrogens is 144 g/mol. The number of H-pyrrole nitrogens is 1. The first-order valence-corrected chi connectivity index (χ1v) is 3.32. The average molecular weight is 154 g/mol. The van der Waals surface area contributed by atoms with Gasteiger partial charge in [-0.3, -0.25) is 4.79 Å². The van der Waals surface area contributed by atoms with Gasteiger partial charge in [0.15, 0.2) is 0 Å². The predicted molar refractivity (Wildman–Crippen MR) is 40.3 cm³/mol. The van der Waals surface area contributed by atoms with E-state index < -0.39 is 0 Å². The van der Waals surface area contributed by atoms with Gasteiger partial charge in [-0.2, -0.15) is 0 Å². The van der Waals surface area contributed by atoms with Gasteiger partial charge in [-0.25, -0.2) is 4.98 Å². The third-order valence-electron chi connectivity index (χ3n) is 1.43. The number of hydrogen-bond donors (Lipinski definition) is 1. The van der Waals surface area contributed by atoms with E-state index in [1.165, 1.54) is 12.3 Å². The molecule has 0 aliphatic rings. The average Bonchev–Trinajstić information content (AvgIpc) is 2.03. The monoisotopic (exact) mass is 154 g/mol. The molecule has 0 unspecified atom stereocenters. The summed E-state index contributed by atoms with van der Waals surface area (Å²) in [5.41, 5.74) is -0.154. The Balaban J connectivity index is 2.96. The minimum Gasteiger partial charge on any atom is -0.374 e. The first kappa shape index (κ1) is 7.94. The smallest absolute Gasteiger partial charge is 0.250 e. The Bertz CT molecular complexity index is 282. The van der Waals surface area contributed by atoms with E-state index in [4.69, 9.17) is 4.74 Å². The number of nitrogens with one attached hydrogen (secondary N) is 1. The lowest BCUT2D eigenvalue weighted by Crippen LogP contribution is -2.11. The van der Waals surface area contributed by atoms with E-state index in [1.54, 1.807) is 7.11 Å². The zero-order valence-corrected chi connectivity index (χ0v) is 6.50. The van der Waals surface area contributed by atoms with Crippen molar-refractivity contribution in [3.8, 4) is 0 Å². The first-order valence-electron chi connectivity index (χ1n) is 3.32. The lowest BCUT2D eigenvalue weighted by atomic mass is 10.4. The van der Waals surface area contributed by atoms with Crippen LogP contribution >= 0.6 is 0 Å². The summed E-state index contributed by atoms with van der Waals surface area (Å²) in [5, 5.41) is 0. The maximum atomic E-state index is 10.8. The van der Waals surface area contributed by atoms with Crippen LogP contribution in [0.15, 0.2) is 17.1 Å². The summed E-state index contributed by atoms with van der Waals surface area (Å²) >= 11 is 0. The van der Waals surface area contributed by atoms with Crippen LogP contribution in [0.3, 0.4) is 0 Å². The number of nitrogens with zero attached hydrogens (tertiary/aromatic N) is 1. The van der Waals surface area contributed by atoms with Crippen LogP contribution in [0.2, 0.25) is 0 Å². The highest BCUT2D eigenvalue weighted by Gasteiger charge is 2.03. The number of aromatic amines is 1. The van der Waals surface area contributed by atoms with Crippen molar-refractivity contribution < 1.29 is 4.74 Å². The summed E-state index contributed by atoms with van der Waals surface area (Å²) < 4.78 is 4.96. The summed E-state index contributed by atoms with van der Waals surface area (Å²) in [6.07, 6.45) is 1.30. The van der Waals surface area contributed by atoms with Crippen LogP contribution in [-0.2, 0) is 4.74 Å². The molecule has 1 N–H and O–H groups in total. The standard InChI is InChI=1S/C7H10N2O2/c1-5(11-2)7-8-4-3-6(10)9-7/h3-5H,1-2H3,(H,8,9,10)/t5-/m1/s1. The molecule has 0 aromatic carbocycles. The van der Waals surface area contributed by atoms with Crippen molar-refractivity contribution in [2.24, 2.45) is 0 Å². The van der Waals surface area contributed by atoms with Crippen LogP contribution in [0.4, 0.5) is 0 Å². The molecule has 0 aliphatic carbocycles. The Hall–Kier alpha value is -1.16. The summed E-state index contributed by atoms with van der Waals surface area (Å²) in [4.78, 5) is 17.3. The fourth-order valence-electron chi connectivity index (χ4n) is 0.704. The molecule has 1 aromatic heterocycles. The third kappa shape index (κ3) is 1.88. The number of rotatable bonds is 2. The molecule has 1 aromatic rings. The van der Waals surface area contributed by atoms with Crippen molar-refractivity contribution >= 4 is 0 Å². The summed E-state index contributed by atoms with van der Waals surface area (Å²) in [6, 6.07) is 1.37. The topological polar surface area (TPSA) is 55.0 Å². The SMILES string of the molecule is CO[C@H](C)c1nccc(=O)[nH]1. The van der Waals surface area contributed by atoms with Crippen molar-refractivity contribution in [2.45, 2.75) is 13.0 Å². The van der Waals surface area contributed by atoms with E-state index in [-0.39, 0.29) is 11.7 Å². The lowest BCUT2D eigenvalue weighted by molar-refractivity contribution is 0.112. The van der Waals surface area contributed by atoms with E-state index in [0.717, 1.165) is 0 Å². The van der Waals surface area contributed by atoms with E-state index in [9.17, 15) is 4.79 Å². The predicted octanol–water partition coefficient (Wildman–Crippen LogP) is 0.477. The largest absolute Gasteiger partial charge is 0.374 e. The molecule has 1 atom stereocenters. The quantitative estimate of drug-likeness (QED) is 0.674. The maximum Gasteiger partial charge on any atom is 0.250 e. The highest BCUT2D eigenvalue weighted by molar-refractivity contribution is 4.91.